The average molecular weight is 320 g/mol. The summed E-state index contributed by atoms with van der Waals surface area (Å²) in [7, 11) is 0. The summed E-state index contributed by atoms with van der Waals surface area (Å²) in [6, 6.07) is 0. The van der Waals surface area contributed by atoms with Crippen LogP contribution in [0.1, 0.15) is 54.4 Å². The molecule has 3 aliphatic rings. The third kappa shape index (κ3) is 2.42. The van der Waals surface area contributed by atoms with Crippen molar-refractivity contribution in [3.8, 4) is 0 Å². The molecule has 128 valence electrons. The number of rotatable bonds is 4. The summed E-state index contributed by atoms with van der Waals surface area (Å²) < 4.78 is 11.7. The average Bonchev–Trinajstić information content (AvgIpc) is 2.90. The zero-order valence-electron chi connectivity index (χ0n) is 15.0. The van der Waals surface area contributed by atoms with E-state index in [9.17, 15) is 9.90 Å². The molecule has 0 aromatic heterocycles. The number of aliphatic hydroxyl groups is 1. The Morgan fingerprint density at radius 1 is 1.17 bits per heavy atom. The molecule has 0 amide bonds. The number of hydrogen-bond acceptors (Lipinski definition) is 4. The fourth-order valence-corrected chi connectivity index (χ4v) is 4.39. The number of carbonyl (C=O) groups is 1. The van der Waals surface area contributed by atoms with Crippen LogP contribution in [-0.2, 0) is 14.3 Å². The molecule has 1 N–H and O–H groups in total. The van der Waals surface area contributed by atoms with Crippen LogP contribution in [0.25, 0.3) is 0 Å². The molecule has 1 saturated carbocycles. The first-order chi connectivity index (χ1) is 10.6. The molecule has 0 aromatic rings. The van der Waals surface area contributed by atoms with Crippen LogP contribution in [0, 0.1) is 17.3 Å². The van der Waals surface area contributed by atoms with Crippen molar-refractivity contribution in [3.05, 3.63) is 23.2 Å². The predicted octanol–water partition coefficient (Wildman–Crippen LogP) is 3.35. The summed E-state index contributed by atoms with van der Waals surface area (Å²) in [5, 5.41) is 11.5. The molecule has 0 unspecified atom stereocenters. The largest absolute Gasteiger partial charge is 0.488 e. The zero-order valence-corrected chi connectivity index (χ0v) is 15.0. The smallest absolute Gasteiger partial charge is 0.207 e. The summed E-state index contributed by atoms with van der Waals surface area (Å²) in [6.45, 7) is 11.9. The van der Waals surface area contributed by atoms with Gasteiger partial charge in [-0.15, -0.1) is 0 Å². The molecule has 3 aliphatic carbocycles. The third-order valence-electron chi connectivity index (χ3n) is 5.02. The SMILES string of the molecule is CC(C)OC1=C(OC(C)C)[C@]2(O)C3=CC(C)(C)C[C@H]3C[C@@H]2C1=O. The normalized spacial score (nSPS) is 35.0. The Bertz CT molecular complexity index is 596. The first-order valence-corrected chi connectivity index (χ1v) is 8.64. The summed E-state index contributed by atoms with van der Waals surface area (Å²) >= 11 is 0. The fraction of sp³-hybridized carbons (Fsp3) is 0.737. The van der Waals surface area contributed by atoms with E-state index in [4.69, 9.17) is 9.47 Å². The topological polar surface area (TPSA) is 55.8 Å². The lowest BCUT2D eigenvalue weighted by atomic mass is 9.85. The van der Waals surface area contributed by atoms with Gasteiger partial charge in [0.05, 0.1) is 18.1 Å². The maximum atomic E-state index is 12.9. The highest BCUT2D eigenvalue weighted by molar-refractivity contribution is 6.02. The van der Waals surface area contributed by atoms with Crippen molar-refractivity contribution < 1.29 is 19.4 Å². The Morgan fingerprint density at radius 3 is 2.35 bits per heavy atom. The standard InChI is InChI=1S/C19H28O4/c1-10(2)22-16-15(20)13-7-12-8-18(5,6)9-14(12)19(13,21)17(16)23-11(3)4/h9-13,21H,7-8H2,1-6H3/t12-,13-,19-/m1/s1. The number of ether oxygens (including phenoxy) is 2. The van der Waals surface area contributed by atoms with Crippen LogP contribution in [-0.4, -0.2) is 28.7 Å². The second kappa shape index (κ2) is 5.10. The highest BCUT2D eigenvalue weighted by atomic mass is 16.5. The minimum atomic E-state index is -1.32. The first kappa shape index (κ1) is 16.6. The molecule has 3 rings (SSSR count). The van der Waals surface area contributed by atoms with Crippen LogP contribution in [0.5, 0.6) is 0 Å². The molecule has 0 heterocycles. The molecule has 23 heavy (non-hydrogen) atoms. The van der Waals surface area contributed by atoms with Gasteiger partial charge in [-0.2, -0.15) is 0 Å². The van der Waals surface area contributed by atoms with Gasteiger partial charge in [-0.1, -0.05) is 19.9 Å². The Labute approximate surface area is 138 Å². The highest BCUT2D eigenvalue weighted by Crippen LogP contribution is 2.60. The van der Waals surface area contributed by atoms with Crippen LogP contribution in [0.15, 0.2) is 23.2 Å². The molecule has 1 fully saturated rings. The van der Waals surface area contributed by atoms with E-state index in [1.807, 2.05) is 27.7 Å². The zero-order chi connectivity index (χ0) is 17.2. The molecular weight excluding hydrogens is 292 g/mol. The number of fused-ring (bicyclic) bond motifs is 3. The van der Waals surface area contributed by atoms with Crippen LogP contribution < -0.4 is 0 Å². The van der Waals surface area contributed by atoms with Crippen LogP contribution in [0.4, 0.5) is 0 Å². The monoisotopic (exact) mass is 320 g/mol. The van der Waals surface area contributed by atoms with Crippen molar-refractivity contribution in [2.75, 3.05) is 0 Å². The summed E-state index contributed by atoms with van der Waals surface area (Å²) in [5.41, 5.74) is -0.308. The number of hydrogen-bond donors (Lipinski definition) is 1. The first-order valence-electron chi connectivity index (χ1n) is 8.64. The summed E-state index contributed by atoms with van der Waals surface area (Å²) in [4.78, 5) is 12.9. The molecule has 0 aromatic carbocycles. The van der Waals surface area contributed by atoms with Crippen molar-refractivity contribution in [2.24, 2.45) is 17.3 Å². The van der Waals surface area contributed by atoms with Crippen molar-refractivity contribution in [1.82, 2.24) is 0 Å². The Kier molecular flexibility index (Phi) is 3.67. The number of ketones is 1. The van der Waals surface area contributed by atoms with Crippen LogP contribution in [0.3, 0.4) is 0 Å². The van der Waals surface area contributed by atoms with Gasteiger partial charge in [0, 0.05) is 0 Å². The molecule has 0 spiro atoms. The minimum Gasteiger partial charge on any atom is -0.488 e. The summed E-state index contributed by atoms with van der Waals surface area (Å²) in [5.74, 6) is 0.255. The van der Waals surface area contributed by atoms with Gasteiger partial charge < -0.3 is 14.6 Å². The number of allylic oxidation sites excluding steroid dienone is 2. The molecule has 4 nitrogen and oxygen atoms in total. The Balaban J connectivity index is 2.11. The lowest BCUT2D eigenvalue weighted by Gasteiger charge is -2.28. The van der Waals surface area contributed by atoms with E-state index in [2.05, 4.69) is 19.9 Å². The van der Waals surface area contributed by atoms with E-state index < -0.39 is 11.5 Å². The molecular formula is C19H28O4. The molecule has 0 bridgehead atoms. The quantitative estimate of drug-likeness (QED) is 0.807. The van der Waals surface area contributed by atoms with Gasteiger partial charge >= 0.3 is 0 Å². The molecule has 0 saturated heterocycles. The Hall–Kier alpha value is -1.29. The predicted molar refractivity (Wildman–Crippen MR) is 87.5 cm³/mol. The Morgan fingerprint density at radius 2 is 1.78 bits per heavy atom. The van der Waals surface area contributed by atoms with Crippen molar-refractivity contribution >= 4 is 5.78 Å². The van der Waals surface area contributed by atoms with Gasteiger partial charge in [-0.05, 0) is 57.4 Å². The van der Waals surface area contributed by atoms with Gasteiger partial charge in [0.1, 0.15) is 0 Å². The van der Waals surface area contributed by atoms with Crippen LogP contribution in [0.2, 0.25) is 0 Å². The second-order valence-electron chi connectivity index (χ2n) is 8.40. The maximum absolute atomic E-state index is 12.9. The van der Waals surface area contributed by atoms with E-state index in [-0.39, 0.29) is 35.1 Å². The maximum Gasteiger partial charge on any atom is 0.207 e. The van der Waals surface area contributed by atoms with E-state index >= 15 is 0 Å². The van der Waals surface area contributed by atoms with Crippen LogP contribution >= 0.6 is 0 Å². The number of carbonyl (C=O) groups excluding carboxylic acids is 1. The van der Waals surface area contributed by atoms with Gasteiger partial charge in [0.2, 0.25) is 11.5 Å². The van der Waals surface area contributed by atoms with Gasteiger partial charge in [0.15, 0.2) is 11.4 Å². The highest BCUT2D eigenvalue weighted by Gasteiger charge is 2.65. The third-order valence-corrected chi connectivity index (χ3v) is 5.02. The van der Waals surface area contributed by atoms with Gasteiger partial charge in [0.25, 0.3) is 0 Å². The van der Waals surface area contributed by atoms with E-state index in [0.29, 0.717) is 12.2 Å². The van der Waals surface area contributed by atoms with E-state index in [1.165, 1.54) is 0 Å². The van der Waals surface area contributed by atoms with Gasteiger partial charge in [-0.25, -0.2) is 0 Å². The molecule has 0 aliphatic heterocycles. The summed E-state index contributed by atoms with van der Waals surface area (Å²) in [6.07, 6.45) is 3.55. The molecule has 3 atom stereocenters. The lowest BCUT2D eigenvalue weighted by Crippen LogP contribution is -2.37. The molecule has 4 heteroatoms. The van der Waals surface area contributed by atoms with Gasteiger partial charge in [-0.3, -0.25) is 4.79 Å². The lowest BCUT2D eigenvalue weighted by molar-refractivity contribution is -0.125. The second-order valence-corrected chi connectivity index (χ2v) is 8.40. The fourth-order valence-electron chi connectivity index (χ4n) is 4.39. The minimum absolute atomic E-state index is 0.0499. The van der Waals surface area contributed by atoms with Crippen molar-refractivity contribution in [3.63, 3.8) is 0 Å². The number of Topliss-reactive ketones (excluding diaryl/α,β-unsaturated/α-hetero) is 1. The van der Waals surface area contributed by atoms with Crippen molar-refractivity contribution in [1.29, 1.82) is 0 Å². The van der Waals surface area contributed by atoms with E-state index in [1.54, 1.807) is 0 Å². The van der Waals surface area contributed by atoms with Crippen molar-refractivity contribution in [2.45, 2.75) is 72.2 Å². The molecule has 0 radical (unpaired) electrons. The van der Waals surface area contributed by atoms with E-state index in [0.717, 1.165) is 12.0 Å².